The van der Waals surface area contributed by atoms with Crippen LogP contribution in [0.25, 0.3) is 0 Å². The summed E-state index contributed by atoms with van der Waals surface area (Å²) in [6, 6.07) is 3.68. The molecule has 22 heavy (non-hydrogen) atoms. The van der Waals surface area contributed by atoms with Crippen LogP contribution in [-0.2, 0) is 13.1 Å². The molecule has 2 amide bonds. The molecule has 7 heteroatoms. The largest absolute Gasteiger partial charge is 0.363 e. The minimum absolute atomic E-state index is 0.0176. The van der Waals surface area contributed by atoms with Crippen LogP contribution in [-0.4, -0.2) is 40.7 Å². The van der Waals surface area contributed by atoms with Gasteiger partial charge in [0.2, 0.25) is 0 Å². The lowest BCUT2D eigenvalue weighted by Gasteiger charge is -2.16. The Bertz CT molecular complexity index is 596. The summed E-state index contributed by atoms with van der Waals surface area (Å²) in [6.45, 7) is 3.11. The van der Waals surface area contributed by atoms with Crippen molar-refractivity contribution in [3.05, 3.63) is 42.6 Å². The van der Waals surface area contributed by atoms with Crippen molar-refractivity contribution in [3.8, 4) is 0 Å². The number of hydrogen-bond donors (Lipinski definition) is 2. The molecule has 1 atom stereocenters. The Kier molecular flexibility index (Phi) is 5.35. The number of urea groups is 1. The molecule has 2 heterocycles. The van der Waals surface area contributed by atoms with Gasteiger partial charge in [-0.3, -0.25) is 0 Å². The normalized spacial score (nSPS) is 11.8. The zero-order valence-electron chi connectivity index (χ0n) is 13.2. The predicted molar refractivity (Wildman–Crippen MR) is 85.6 cm³/mol. The molecule has 0 saturated heterocycles. The summed E-state index contributed by atoms with van der Waals surface area (Å²) in [5.74, 6) is 0.869. The van der Waals surface area contributed by atoms with Crippen LogP contribution in [0.5, 0.6) is 0 Å². The van der Waals surface area contributed by atoms with Crippen molar-refractivity contribution in [1.29, 1.82) is 0 Å². The van der Waals surface area contributed by atoms with E-state index in [0.717, 1.165) is 11.4 Å². The van der Waals surface area contributed by atoms with Gasteiger partial charge in [-0.05, 0) is 24.6 Å². The number of aromatic nitrogens is 3. The standard InChI is InChI=1S/C15H22N6O/c1-12(10-21-7-6-16-11-21)19-15(22)18-9-13-4-5-17-14(8-13)20(2)3/h4-8,11-12H,9-10H2,1-3H3,(H2,18,19,22)/t12-/m1/s1. The van der Waals surface area contributed by atoms with Gasteiger partial charge in [0, 0.05) is 51.8 Å². The average molecular weight is 302 g/mol. The summed E-state index contributed by atoms with van der Waals surface area (Å²) in [7, 11) is 3.87. The first-order valence-corrected chi connectivity index (χ1v) is 7.17. The number of carbonyl (C=O) groups is 1. The van der Waals surface area contributed by atoms with E-state index in [1.165, 1.54) is 0 Å². The Morgan fingerprint density at radius 1 is 1.41 bits per heavy atom. The number of imidazole rings is 1. The molecule has 0 bridgehead atoms. The highest BCUT2D eigenvalue weighted by Crippen LogP contribution is 2.09. The van der Waals surface area contributed by atoms with Gasteiger partial charge in [0.1, 0.15) is 5.82 Å². The summed E-state index contributed by atoms with van der Waals surface area (Å²) < 4.78 is 1.93. The molecule has 7 nitrogen and oxygen atoms in total. The van der Waals surface area contributed by atoms with Crippen LogP contribution in [0, 0.1) is 0 Å². The van der Waals surface area contributed by atoms with Gasteiger partial charge in [-0.1, -0.05) is 0 Å². The van der Waals surface area contributed by atoms with Crippen LogP contribution in [0.4, 0.5) is 10.6 Å². The highest BCUT2D eigenvalue weighted by atomic mass is 16.2. The average Bonchev–Trinajstić information content (AvgIpc) is 2.98. The van der Waals surface area contributed by atoms with Crippen LogP contribution in [0.3, 0.4) is 0 Å². The third kappa shape index (κ3) is 4.76. The van der Waals surface area contributed by atoms with Crippen molar-refractivity contribution < 1.29 is 4.79 Å². The molecule has 0 unspecified atom stereocenters. The van der Waals surface area contributed by atoms with Gasteiger partial charge in [-0.2, -0.15) is 0 Å². The van der Waals surface area contributed by atoms with Crippen molar-refractivity contribution in [2.45, 2.75) is 26.1 Å². The third-order valence-corrected chi connectivity index (χ3v) is 3.14. The first-order chi connectivity index (χ1) is 10.5. The third-order valence-electron chi connectivity index (χ3n) is 3.14. The molecule has 2 rings (SSSR count). The molecule has 0 radical (unpaired) electrons. The summed E-state index contributed by atoms with van der Waals surface area (Å²) in [5, 5.41) is 5.76. The summed E-state index contributed by atoms with van der Waals surface area (Å²) >= 11 is 0. The topological polar surface area (TPSA) is 75.1 Å². The van der Waals surface area contributed by atoms with Crippen molar-refractivity contribution in [2.75, 3.05) is 19.0 Å². The van der Waals surface area contributed by atoms with Gasteiger partial charge in [0.05, 0.1) is 6.33 Å². The summed E-state index contributed by atoms with van der Waals surface area (Å²) in [4.78, 5) is 22.1. The number of anilines is 1. The van der Waals surface area contributed by atoms with Crippen LogP contribution < -0.4 is 15.5 Å². The number of hydrogen-bond acceptors (Lipinski definition) is 4. The monoisotopic (exact) mass is 302 g/mol. The van der Waals surface area contributed by atoms with E-state index in [1.807, 2.05) is 48.8 Å². The fourth-order valence-corrected chi connectivity index (χ4v) is 2.03. The van der Waals surface area contributed by atoms with E-state index in [0.29, 0.717) is 13.1 Å². The Labute approximate surface area is 130 Å². The molecule has 0 aliphatic carbocycles. The van der Waals surface area contributed by atoms with Crippen LogP contribution >= 0.6 is 0 Å². The second-order valence-corrected chi connectivity index (χ2v) is 5.40. The molecular formula is C15H22N6O. The SMILES string of the molecule is C[C@H](Cn1ccnc1)NC(=O)NCc1ccnc(N(C)C)c1. The Morgan fingerprint density at radius 3 is 2.91 bits per heavy atom. The smallest absolute Gasteiger partial charge is 0.315 e. The van der Waals surface area contributed by atoms with E-state index in [9.17, 15) is 4.79 Å². The van der Waals surface area contributed by atoms with E-state index >= 15 is 0 Å². The number of carbonyl (C=O) groups excluding carboxylic acids is 1. The van der Waals surface area contributed by atoms with Crippen molar-refractivity contribution >= 4 is 11.8 Å². The zero-order valence-corrected chi connectivity index (χ0v) is 13.2. The van der Waals surface area contributed by atoms with Crippen molar-refractivity contribution in [3.63, 3.8) is 0 Å². The molecule has 118 valence electrons. The molecule has 2 aromatic heterocycles. The Hall–Kier alpha value is -2.57. The van der Waals surface area contributed by atoms with Crippen molar-refractivity contribution in [1.82, 2.24) is 25.2 Å². The van der Waals surface area contributed by atoms with Gasteiger partial charge < -0.3 is 20.1 Å². The van der Waals surface area contributed by atoms with Gasteiger partial charge in [0.15, 0.2) is 0 Å². The van der Waals surface area contributed by atoms with Crippen LogP contribution in [0.1, 0.15) is 12.5 Å². The molecule has 2 aromatic rings. The lowest BCUT2D eigenvalue weighted by molar-refractivity contribution is 0.236. The summed E-state index contributed by atoms with van der Waals surface area (Å²) in [5.41, 5.74) is 1.01. The number of rotatable bonds is 6. The van der Waals surface area contributed by atoms with E-state index in [-0.39, 0.29) is 12.1 Å². The fourth-order valence-electron chi connectivity index (χ4n) is 2.03. The van der Waals surface area contributed by atoms with Crippen LogP contribution in [0.15, 0.2) is 37.1 Å². The van der Waals surface area contributed by atoms with E-state index in [4.69, 9.17) is 0 Å². The molecule has 0 spiro atoms. The maximum Gasteiger partial charge on any atom is 0.315 e. The number of nitrogens with one attached hydrogen (secondary N) is 2. The second kappa shape index (κ2) is 7.44. The first kappa shape index (κ1) is 15.8. The molecule has 2 N–H and O–H groups in total. The molecule has 0 aromatic carbocycles. The predicted octanol–water partition coefficient (Wildman–Crippen LogP) is 1.23. The van der Waals surface area contributed by atoms with Crippen molar-refractivity contribution in [2.24, 2.45) is 0 Å². The first-order valence-electron chi connectivity index (χ1n) is 7.17. The molecule has 0 fully saturated rings. The van der Waals surface area contributed by atoms with E-state index in [1.54, 1.807) is 18.7 Å². The lowest BCUT2D eigenvalue weighted by Crippen LogP contribution is -2.42. The molecule has 0 saturated carbocycles. The van der Waals surface area contributed by atoms with Crippen LogP contribution in [0.2, 0.25) is 0 Å². The minimum Gasteiger partial charge on any atom is -0.363 e. The van der Waals surface area contributed by atoms with Gasteiger partial charge in [-0.25, -0.2) is 14.8 Å². The van der Waals surface area contributed by atoms with E-state index in [2.05, 4.69) is 20.6 Å². The van der Waals surface area contributed by atoms with Gasteiger partial charge >= 0.3 is 6.03 Å². The number of pyridine rings is 1. The zero-order chi connectivity index (χ0) is 15.9. The molecule has 0 aliphatic heterocycles. The highest BCUT2D eigenvalue weighted by molar-refractivity contribution is 5.74. The van der Waals surface area contributed by atoms with Gasteiger partial charge in [0.25, 0.3) is 0 Å². The second-order valence-electron chi connectivity index (χ2n) is 5.40. The lowest BCUT2D eigenvalue weighted by atomic mass is 10.2. The Morgan fingerprint density at radius 2 is 2.23 bits per heavy atom. The highest BCUT2D eigenvalue weighted by Gasteiger charge is 2.07. The fraction of sp³-hybridized carbons (Fsp3) is 0.400. The maximum atomic E-state index is 11.9. The van der Waals surface area contributed by atoms with E-state index < -0.39 is 0 Å². The quantitative estimate of drug-likeness (QED) is 0.841. The minimum atomic E-state index is -0.184. The molecular weight excluding hydrogens is 280 g/mol. The van der Waals surface area contributed by atoms with Gasteiger partial charge in [-0.15, -0.1) is 0 Å². The summed E-state index contributed by atoms with van der Waals surface area (Å²) in [6.07, 6.45) is 7.07. The maximum absolute atomic E-state index is 11.9. The number of nitrogens with zero attached hydrogens (tertiary/aromatic N) is 4. The Balaban J connectivity index is 1.78. The molecule has 0 aliphatic rings. The number of amides is 2.